The van der Waals surface area contributed by atoms with Crippen LogP contribution in [0.4, 0.5) is 10.1 Å². The quantitative estimate of drug-likeness (QED) is 0.717. The van der Waals surface area contributed by atoms with Crippen LogP contribution in [0.15, 0.2) is 63.8 Å². The molecule has 0 saturated carbocycles. The normalized spacial score (nSPS) is 17.2. The Labute approximate surface area is 166 Å². The lowest BCUT2D eigenvalue weighted by Crippen LogP contribution is -2.42. The van der Waals surface area contributed by atoms with E-state index in [0.29, 0.717) is 12.1 Å². The zero-order chi connectivity index (χ0) is 20.2. The summed E-state index contributed by atoms with van der Waals surface area (Å²) in [5.74, 6) is -1.00. The van der Waals surface area contributed by atoms with E-state index in [0.717, 1.165) is 25.1 Å². The minimum atomic E-state index is -0.583. The molecule has 4 rings (SSSR count). The number of para-hydroxylation sites is 1. The van der Waals surface area contributed by atoms with Crippen LogP contribution in [-0.2, 0) is 11.5 Å². The number of piperidine rings is 1. The summed E-state index contributed by atoms with van der Waals surface area (Å²) in [7, 11) is 0. The summed E-state index contributed by atoms with van der Waals surface area (Å²) in [5.41, 5.74) is 1.30. The molecule has 0 unspecified atom stereocenters. The number of likely N-dealkylation sites (tertiary alicyclic amines) is 1. The highest BCUT2D eigenvalue weighted by molar-refractivity contribution is 5.92. The minimum Gasteiger partial charge on any atom is -0.388 e. The number of carbonyl (C=O) groups excluding carboxylic acids is 1. The van der Waals surface area contributed by atoms with Crippen molar-refractivity contribution in [1.29, 1.82) is 0 Å². The lowest BCUT2D eigenvalue weighted by atomic mass is 9.97. The first-order valence-electron chi connectivity index (χ1n) is 9.50. The fourth-order valence-corrected chi connectivity index (χ4v) is 3.46. The molecular weight excluding hydrogens is 375 g/mol. The van der Waals surface area contributed by atoms with Crippen LogP contribution < -0.4 is 11.1 Å². The van der Waals surface area contributed by atoms with E-state index in [4.69, 9.17) is 4.42 Å². The number of nitrogens with one attached hydrogen (secondary N) is 1. The first kappa shape index (κ1) is 19.1. The smallest absolute Gasteiger partial charge is 0.388 e. The summed E-state index contributed by atoms with van der Waals surface area (Å²) in [6.45, 7) is 1.53. The molecule has 2 aromatic carbocycles. The van der Waals surface area contributed by atoms with Crippen molar-refractivity contribution in [3.8, 4) is 11.5 Å². The molecular formula is C21H21FN4O3. The van der Waals surface area contributed by atoms with E-state index in [2.05, 4.69) is 10.4 Å². The largest absolute Gasteiger partial charge is 0.438 e. The van der Waals surface area contributed by atoms with Gasteiger partial charge in [-0.3, -0.25) is 9.69 Å². The molecule has 2 heterocycles. The summed E-state index contributed by atoms with van der Waals surface area (Å²) < 4.78 is 19.5. The molecule has 1 saturated heterocycles. The van der Waals surface area contributed by atoms with E-state index in [1.165, 1.54) is 28.9 Å². The Balaban J connectivity index is 1.41. The zero-order valence-corrected chi connectivity index (χ0v) is 15.8. The van der Waals surface area contributed by atoms with Crippen LogP contribution in [0.1, 0.15) is 12.8 Å². The highest BCUT2D eigenvalue weighted by atomic mass is 19.1. The summed E-state index contributed by atoms with van der Waals surface area (Å²) >= 11 is 0. The molecule has 3 aromatic rings. The third-order valence-electron chi connectivity index (χ3n) is 4.95. The van der Waals surface area contributed by atoms with E-state index in [-0.39, 0.29) is 30.2 Å². The number of rotatable bonds is 5. The van der Waals surface area contributed by atoms with Gasteiger partial charge in [0.25, 0.3) is 0 Å². The van der Waals surface area contributed by atoms with Crippen LogP contribution >= 0.6 is 0 Å². The molecule has 1 aliphatic rings. The molecule has 0 bridgehead atoms. The second-order valence-corrected chi connectivity index (χ2v) is 7.09. The van der Waals surface area contributed by atoms with Crippen LogP contribution in [-0.4, -0.2) is 33.7 Å². The SMILES string of the molecule is O=C(Nc1ccccc1)[C@H]1CCCN(Cn2nc(-c3ccc(F)cc3)oc2=O)C1. The zero-order valence-electron chi connectivity index (χ0n) is 15.8. The van der Waals surface area contributed by atoms with Crippen LogP contribution in [0, 0.1) is 11.7 Å². The molecule has 1 N–H and O–H groups in total. The van der Waals surface area contributed by atoms with Crippen LogP contribution in [0.2, 0.25) is 0 Å². The van der Waals surface area contributed by atoms with Gasteiger partial charge in [0.15, 0.2) is 0 Å². The van der Waals surface area contributed by atoms with Gasteiger partial charge in [-0.1, -0.05) is 18.2 Å². The van der Waals surface area contributed by atoms with Crippen LogP contribution in [0.25, 0.3) is 11.5 Å². The number of hydrogen-bond donors (Lipinski definition) is 1. The van der Waals surface area contributed by atoms with Crippen molar-refractivity contribution in [3.63, 3.8) is 0 Å². The molecule has 0 aliphatic carbocycles. The molecule has 150 valence electrons. The Kier molecular flexibility index (Phi) is 5.53. The highest BCUT2D eigenvalue weighted by Crippen LogP contribution is 2.20. The molecule has 1 aliphatic heterocycles. The van der Waals surface area contributed by atoms with Crippen molar-refractivity contribution in [2.75, 3.05) is 18.4 Å². The number of carbonyl (C=O) groups is 1. The van der Waals surface area contributed by atoms with Gasteiger partial charge in [0, 0.05) is 17.8 Å². The third-order valence-corrected chi connectivity index (χ3v) is 4.95. The van der Waals surface area contributed by atoms with Gasteiger partial charge >= 0.3 is 5.76 Å². The standard InChI is InChI=1S/C21H21FN4O3/c22-17-10-8-15(9-11-17)20-24-26(21(28)29-20)14-25-12-4-5-16(13-25)19(27)23-18-6-2-1-3-7-18/h1-3,6-11,16H,4-5,12-14H2,(H,23,27)/t16-/m0/s1. The minimum absolute atomic E-state index is 0.0274. The number of halogens is 1. The average Bonchev–Trinajstić information content (AvgIpc) is 3.10. The summed E-state index contributed by atoms with van der Waals surface area (Å²) in [5, 5.41) is 7.15. The van der Waals surface area contributed by atoms with Gasteiger partial charge in [-0.25, -0.2) is 9.18 Å². The predicted molar refractivity (Wildman–Crippen MR) is 106 cm³/mol. The Morgan fingerprint density at radius 2 is 1.93 bits per heavy atom. The highest BCUT2D eigenvalue weighted by Gasteiger charge is 2.26. The van der Waals surface area contributed by atoms with E-state index < -0.39 is 5.76 Å². The maximum Gasteiger partial charge on any atom is 0.438 e. The maximum atomic E-state index is 13.1. The Morgan fingerprint density at radius 1 is 1.17 bits per heavy atom. The molecule has 1 fully saturated rings. The van der Waals surface area contributed by atoms with Gasteiger partial charge in [-0.05, 0) is 55.8 Å². The summed E-state index contributed by atoms with van der Waals surface area (Å²) in [4.78, 5) is 26.8. The number of aromatic nitrogens is 2. The van der Waals surface area contributed by atoms with Crippen LogP contribution in [0.5, 0.6) is 0 Å². The summed E-state index contributed by atoms with van der Waals surface area (Å²) in [6.07, 6.45) is 1.65. The van der Waals surface area contributed by atoms with E-state index in [1.54, 1.807) is 0 Å². The van der Waals surface area contributed by atoms with Crippen molar-refractivity contribution in [1.82, 2.24) is 14.7 Å². The van der Waals surface area contributed by atoms with Gasteiger partial charge < -0.3 is 9.73 Å². The summed E-state index contributed by atoms with van der Waals surface area (Å²) in [6, 6.07) is 14.9. The van der Waals surface area contributed by atoms with Crippen molar-refractivity contribution in [2.24, 2.45) is 5.92 Å². The fraction of sp³-hybridized carbons (Fsp3) is 0.286. The lowest BCUT2D eigenvalue weighted by Gasteiger charge is -2.31. The topological polar surface area (TPSA) is 80.4 Å². The van der Waals surface area contributed by atoms with E-state index in [1.807, 2.05) is 35.2 Å². The van der Waals surface area contributed by atoms with E-state index in [9.17, 15) is 14.0 Å². The van der Waals surface area contributed by atoms with E-state index >= 15 is 0 Å². The number of anilines is 1. The molecule has 0 spiro atoms. The molecule has 0 radical (unpaired) electrons. The second kappa shape index (κ2) is 8.40. The molecule has 8 heteroatoms. The first-order valence-corrected chi connectivity index (χ1v) is 9.50. The molecule has 1 amide bonds. The molecule has 29 heavy (non-hydrogen) atoms. The Morgan fingerprint density at radius 3 is 2.69 bits per heavy atom. The maximum absolute atomic E-state index is 13.1. The Bertz CT molecular complexity index is 1030. The number of amides is 1. The van der Waals surface area contributed by atoms with Crippen molar-refractivity contribution >= 4 is 11.6 Å². The van der Waals surface area contributed by atoms with Crippen molar-refractivity contribution < 1.29 is 13.6 Å². The van der Waals surface area contributed by atoms with Crippen molar-refractivity contribution in [3.05, 3.63) is 71.0 Å². The number of nitrogens with zero attached hydrogens (tertiary/aromatic N) is 3. The van der Waals surface area contributed by atoms with Gasteiger partial charge in [-0.15, -0.1) is 5.10 Å². The van der Waals surface area contributed by atoms with Gasteiger partial charge in [0.1, 0.15) is 12.5 Å². The number of benzene rings is 2. The third kappa shape index (κ3) is 4.60. The molecule has 7 nitrogen and oxygen atoms in total. The van der Waals surface area contributed by atoms with Gasteiger partial charge in [0.05, 0.1) is 5.92 Å². The fourth-order valence-electron chi connectivity index (χ4n) is 3.46. The lowest BCUT2D eigenvalue weighted by molar-refractivity contribution is -0.121. The van der Waals surface area contributed by atoms with Gasteiger partial charge in [-0.2, -0.15) is 4.68 Å². The van der Waals surface area contributed by atoms with Crippen molar-refractivity contribution in [2.45, 2.75) is 19.5 Å². The molecule has 1 atom stereocenters. The van der Waals surface area contributed by atoms with Gasteiger partial charge in [0.2, 0.25) is 11.8 Å². The average molecular weight is 396 g/mol. The predicted octanol–water partition coefficient (Wildman–Crippen LogP) is 2.95. The number of hydrogen-bond acceptors (Lipinski definition) is 5. The Hall–Kier alpha value is -3.26. The first-order chi connectivity index (χ1) is 14.1. The second-order valence-electron chi connectivity index (χ2n) is 7.09. The molecule has 1 aromatic heterocycles. The van der Waals surface area contributed by atoms with Crippen LogP contribution in [0.3, 0.4) is 0 Å². The monoisotopic (exact) mass is 396 g/mol.